The van der Waals surface area contributed by atoms with Gasteiger partial charge in [-0.3, -0.25) is 4.79 Å². The quantitative estimate of drug-likeness (QED) is 0.738. The van der Waals surface area contributed by atoms with Crippen LogP contribution in [0.3, 0.4) is 0 Å². The molecule has 0 aliphatic rings. The van der Waals surface area contributed by atoms with E-state index in [1.165, 1.54) is 6.92 Å². The summed E-state index contributed by atoms with van der Waals surface area (Å²) in [7, 11) is 1.65. The van der Waals surface area contributed by atoms with Crippen LogP contribution in [0.4, 0.5) is 0 Å². The molecule has 0 heterocycles. The van der Waals surface area contributed by atoms with Crippen molar-refractivity contribution in [2.75, 3.05) is 7.11 Å². The summed E-state index contributed by atoms with van der Waals surface area (Å²) in [5.41, 5.74) is 2.31. The second-order valence-corrected chi connectivity index (χ2v) is 3.99. The number of ether oxygens (including phenoxy) is 1. The van der Waals surface area contributed by atoms with E-state index in [9.17, 15) is 4.79 Å². The smallest absolute Gasteiger partial charge is 0.218 e. The molecular weight excluding hydrogens is 263 g/mol. The van der Waals surface area contributed by atoms with Crippen LogP contribution < -0.4 is 4.74 Å². The number of rotatable bonds is 1. The zero-order valence-electron chi connectivity index (χ0n) is 10.3. The van der Waals surface area contributed by atoms with Gasteiger partial charge in [0.15, 0.2) is 0 Å². The minimum Gasteiger partial charge on any atom is -0.496 e. The molecule has 0 bridgehead atoms. The van der Waals surface area contributed by atoms with Crippen molar-refractivity contribution in [2.24, 2.45) is 0 Å². The predicted octanol–water partition coefficient (Wildman–Crippen LogP) is 3.55. The molecule has 0 aromatic heterocycles. The molecule has 0 aliphatic heterocycles. The van der Waals surface area contributed by atoms with E-state index in [0.29, 0.717) is 0 Å². The van der Waals surface area contributed by atoms with E-state index in [-0.39, 0.29) is 5.24 Å². The van der Waals surface area contributed by atoms with E-state index < -0.39 is 0 Å². The molecule has 0 atom stereocenters. The third-order valence-electron chi connectivity index (χ3n) is 1.80. The molecule has 0 aliphatic carbocycles. The number of carbonyl (C=O) groups excluding carboxylic acids is 2. The molecule has 0 unspecified atom stereocenters. The molecule has 1 rings (SSSR count). The highest BCUT2D eigenvalue weighted by Crippen LogP contribution is 2.25. The minimum absolute atomic E-state index is 0.361. The third-order valence-corrected chi connectivity index (χ3v) is 2.02. The lowest BCUT2D eigenvalue weighted by molar-refractivity contribution is -0.109. The van der Waals surface area contributed by atoms with Gasteiger partial charge in [-0.1, -0.05) is 11.6 Å². The van der Waals surface area contributed by atoms with E-state index >= 15 is 0 Å². The Labute approximate surface area is 112 Å². The second-order valence-electron chi connectivity index (χ2n) is 3.02. The summed E-state index contributed by atoms with van der Waals surface area (Å²) in [5.74, 6) is 0.856. The summed E-state index contributed by atoms with van der Waals surface area (Å²) < 4.78 is 5.12. The standard InChI is InChI=1S/C9H11ClO.C2H3ClO.CH2O/c1-6-4-8(10)5-9(11-3)7(6)2;1-2(3)4;1-2/h4-5H,1-3H3;1H3;1H2. The molecule has 3 nitrogen and oxygen atoms in total. The van der Waals surface area contributed by atoms with Crippen LogP contribution in [0, 0.1) is 13.8 Å². The molecule has 1 aromatic carbocycles. The van der Waals surface area contributed by atoms with Crippen molar-refractivity contribution in [3.8, 4) is 5.75 Å². The van der Waals surface area contributed by atoms with Crippen LogP contribution in [0.1, 0.15) is 18.1 Å². The summed E-state index contributed by atoms with van der Waals surface area (Å²) in [6.45, 7) is 7.33. The Bertz CT molecular complexity index is 361. The van der Waals surface area contributed by atoms with Crippen LogP contribution in [-0.2, 0) is 9.59 Å². The lowest BCUT2D eigenvalue weighted by atomic mass is 10.1. The summed E-state index contributed by atoms with van der Waals surface area (Å²) >= 11 is 10.5. The van der Waals surface area contributed by atoms with Crippen LogP contribution in [0.5, 0.6) is 5.75 Å². The third kappa shape index (κ3) is 8.72. The lowest BCUT2D eigenvalue weighted by Crippen LogP contribution is -1.89. The number of hydrogen-bond donors (Lipinski definition) is 0. The van der Waals surface area contributed by atoms with Gasteiger partial charge in [0.25, 0.3) is 0 Å². The Morgan fingerprint density at radius 2 is 1.71 bits per heavy atom. The maximum atomic E-state index is 9.21. The van der Waals surface area contributed by atoms with Crippen LogP contribution in [0.25, 0.3) is 0 Å². The van der Waals surface area contributed by atoms with Crippen molar-refractivity contribution in [2.45, 2.75) is 20.8 Å². The van der Waals surface area contributed by atoms with Gasteiger partial charge in [-0.2, -0.15) is 0 Å². The highest BCUT2D eigenvalue weighted by molar-refractivity contribution is 6.62. The predicted molar refractivity (Wildman–Crippen MR) is 71.1 cm³/mol. The topological polar surface area (TPSA) is 43.4 Å². The molecule has 96 valence electrons. The molecule has 17 heavy (non-hydrogen) atoms. The molecular formula is C12H16Cl2O3. The van der Waals surface area contributed by atoms with Crippen LogP contribution in [0.15, 0.2) is 12.1 Å². The zero-order valence-corrected chi connectivity index (χ0v) is 11.9. The van der Waals surface area contributed by atoms with E-state index in [1.54, 1.807) is 7.11 Å². The summed E-state index contributed by atoms with van der Waals surface area (Å²) in [4.78, 5) is 17.2. The number of aryl methyl sites for hydroxylation is 1. The Morgan fingerprint density at radius 1 is 1.29 bits per heavy atom. The average Bonchev–Trinajstić information content (AvgIpc) is 2.25. The fourth-order valence-corrected chi connectivity index (χ4v) is 1.26. The van der Waals surface area contributed by atoms with Gasteiger partial charge in [0.05, 0.1) is 7.11 Å². The zero-order chi connectivity index (χ0) is 14.0. The van der Waals surface area contributed by atoms with Crippen LogP contribution in [0.2, 0.25) is 5.02 Å². The fourth-order valence-electron chi connectivity index (χ4n) is 0.997. The molecule has 0 N–H and O–H groups in total. The first-order chi connectivity index (χ1) is 7.88. The SMILES string of the molecule is C=O.CC(=O)Cl.COc1cc(Cl)cc(C)c1C. The van der Waals surface area contributed by atoms with Gasteiger partial charge >= 0.3 is 0 Å². The molecule has 0 fully saturated rings. The largest absolute Gasteiger partial charge is 0.496 e. The molecule has 1 aromatic rings. The van der Waals surface area contributed by atoms with Crippen molar-refractivity contribution in [1.29, 1.82) is 0 Å². The monoisotopic (exact) mass is 278 g/mol. The normalized spacial score (nSPS) is 8.12. The van der Waals surface area contributed by atoms with Crippen molar-refractivity contribution in [3.63, 3.8) is 0 Å². The molecule has 5 heteroatoms. The van der Waals surface area contributed by atoms with Crippen molar-refractivity contribution in [1.82, 2.24) is 0 Å². The first-order valence-corrected chi connectivity index (χ1v) is 5.39. The van der Waals surface area contributed by atoms with Crippen molar-refractivity contribution < 1.29 is 14.3 Å². The van der Waals surface area contributed by atoms with E-state index in [1.807, 2.05) is 32.8 Å². The molecule has 0 spiro atoms. The lowest BCUT2D eigenvalue weighted by Gasteiger charge is -2.07. The fraction of sp³-hybridized carbons (Fsp3) is 0.333. The minimum atomic E-state index is -0.361. The Kier molecular flexibility index (Phi) is 10.9. The Hall–Kier alpha value is -1.06. The van der Waals surface area contributed by atoms with Gasteiger partial charge in [0, 0.05) is 11.9 Å². The van der Waals surface area contributed by atoms with E-state index in [4.69, 9.17) is 21.1 Å². The van der Waals surface area contributed by atoms with E-state index in [0.717, 1.165) is 21.9 Å². The van der Waals surface area contributed by atoms with Gasteiger partial charge in [-0.25, -0.2) is 0 Å². The van der Waals surface area contributed by atoms with Gasteiger partial charge in [0.2, 0.25) is 5.24 Å². The summed E-state index contributed by atoms with van der Waals surface area (Å²) in [6, 6.07) is 3.75. The first-order valence-electron chi connectivity index (χ1n) is 4.64. The molecule has 0 amide bonds. The van der Waals surface area contributed by atoms with Crippen LogP contribution >= 0.6 is 23.2 Å². The average molecular weight is 279 g/mol. The van der Waals surface area contributed by atoms with Gasteiger partial charge in [0.1, 0.15) is 12.5 Å². The highest BCUT2D eigenvalue weighted by Gasteiger charge is 2.01. The molecule has 0 radical (unpaired) electrons. The maximum Gasteiger partial charge on any atom is 0.218 e. The maximum absolute atomic E-state index is 9.21. The first kappa shape index (κ1) is 18.3. The molecule has 0 saturated carbocycles. The van der Waals surface area contributed by atoms with Gasteiger partial charge in [-0.05, 0) is 48.7 Å². The van der Waals surface area contributed by atoms with Crippen molar-refractivity contribution in [3.05, 3.63) is 28.3 Å². The number of hydrogen-bond acceptors (Lipinski definition) is 3. The Morgan fingerprint density at radius 3 is 2.06 bits per heavy atom. The van der Waals surface area contributed by atoms with Gasteiger partial charge < -0.3 is 9.53 Å². The summed E-state index contributed by atoms with van der Waals surface area (Å²) in [5, 5.41) is 0.366. The summed E-state index contributed by atoms with van der Waals surface area (Å²) in [6.07, 6.45) is 0. The second kappa shape index (κ2) is 10.1. The number of methoxy groups -OCH3 is 1. The highest BCUT2D eigenvalue weighted by atomic mass is 35.5. The molecule has 0 saturated heterocycles. The number of benzene rings is 1. The van der Waals surface area contributed by atoms with Gasteiger partial charge in [-0.15, -0.1) is 0 Å². The number of carbonyl (C=O) groups is 2. The Balaban J connectivity index is 0. The van der Waals surface area contributed by atoms with Crippen LogP contribution in [-0.4, -0.2) is 19.1 Å². The van der Waals surface area contributed by atoms with E-state index in [2.05, 4.69) is 11.6 Å². The van der Waals surface area contributed by atoms with Crippen molar-refractivity contribution >= 4 is 35.2 Å². The number of halogens is 2.